The molecule has 2 saturated heterocycles. The van der Waals surface area contributed by atoms with E-state index < -0.39 is 39.8 Å². The summed E-state index contributed by atoms with van der Waals surface area (Å²) >= 11 is 0. The lowest BCUT2D eigenvalue weighted by molar-refractivity contribution is -0.0907. The number of hydrogen-bond donors (Lipinski definition) is 3. The highest BCUT2D eigenvalue weighted by atomic mass is 32.2. The van der Waals surface area contributed by atoms with Crippen LogP contribution in [0.15, 0.2) is 59.5 Å². The predicted molar refractivity (Wildman–Crippen MR) is 165 cm³/mol. The molecule has 4 rings (SSSR count). The Bertz CT molecular complexity index is 1380. The zero-order valence-electron chi connectivity index (χ0n) is 25.6. The maximum atomic E-state index is 14.1. The molecule has 44 heavy (non-hydrogen) atoms. The van der Waals surface area contributed by atoms with Gasteiger partial charge in [0, 0.05) is 32.2 Å². The van der Waals surface area contributed by atoms with Crippen LogP contribution < -0.4 is 10.6 Å². The van der Waals surface area contributed by atoms with E-state index in [1.165, 1.54) is 10.4 Å². The fourth-order valence-electron chi connectivity index (χ4n) is 5.77. The van der Waals surface area contributed by atoms with E-state index in [9.17, 15) is 18.3 Å². The van der Waals surface area contributed by atoms with E-state index in [0.717, 1.165) is 12.0 Å². The topological polar surface area (TPSA) is 150 Å². The number of amides is 1. The number of ether oxygens (including phenoxy) is 3. The molecule has 3 N–H and O–H groups in total. The Morgan fingerprint density at radius 2 is 1.98 bits per heavy atom. The van der Waals surface area contributed by atoms with Crippen molar-refractivity contribution in [3.05, 3.63) is 60.2 Å². The number of sulfonamides is 1. The van der Waals surface area contributed by atoms with Crippen molar-refractivity contribution in [2.75, 3.05) is 38.7 Å². The molecule has 240 valence electrons. The van der Waals surface area contributed by atoms with Gasteiger partial charge in [0.25, 0.3) is 0 Å². The van der Waals surface area contributed by atoms with Crippen LogP contribution in [-0.2, 0) is 30.7 Å². The van der Waals surface area contributed by atoms with Gasteiger partial charge in [-0.05, 0) is 54.9 Å². The molecule has 2 aliphatic rings. The van der Waals surface area contributed by atoms with Gasteiger partial charge in [-0.1, -0.05) is 50.2 Å². The number of benzene rings is 2. The first-order valence-electron chi connectivity index (χ1n) is 15.1. The van der Waals surface area contributed by atoms with Gasteiger partial charge >= 0.3 is 6.09 Å². The normalized spacial score (nSPS) is 21.3. The van der Waals surface area contributed by atoms with Crippen LogP contribution in [0.4, 0.5) is 10.5 Å². The second-order valence-corrected chi connectivity index (χ2v) is 14.2. The fraction of sp³-hybridized carbons (Fsp3) is 0.562. The Morgan fingerprint density at radius 1 is 1.20 bits per heavy atom. The molecule has 1 amide bonds. The number of nitrogens with zero attached hydrogens (tertiary/aromatic N) is 2. The Kier molecular flexibility index (Phi) is 11.6. The van der Waals surface area contributed by atoms with Crippen LogP contribution in [0.2, 0.25) is 0 Å². The number of alkyl carbamates (subject to hydrolysis) is 1. The molecule has 2 heterocycles. The van der Waals surface area contributed by atoms with Gasteiger partial charge in [-0.2, -0.15) is 9.57 Å². The van der Waals surface area contributed by atoms with Gasteiger partial charge in [-0.25, -0.2) is 13.2 Å². The van der Waals surface area contributed by atoms with E-state index in [1.807, 2.05) is 44.2 Å². The van der Waals surface area contributed by atoms with Crippen LogP contribution in [0, 0.1) is 22.7 Å². The van der Waals surface area contributed by atoms with Crippen molar-refractivity contribution < 1.29 is 32.5 Å². The lowest BCUT2D eigenvalue weighted by atomic mass is 9.87. The quantitative estimate of drug-likeness (QED) is 0.250. The highest BCUT2D eigenvalue weighted by Crippen LogP contribution is 2.33. The van der Waals surface area contributed by atoms with Gasteiger partial charge in [0.2, 0.25) is 10.0 Å². The van der Waals surface area contributed by atoms with E-state index >= 15 is 0 Å². The van der Waals surface area contributed by atoms with Gasteiger partial charge in [-0.15, -0.1) is 0 Å². The van der Waals surface area contributed by atoms with Gasteiger partial charge in [0.1, 0.15) is 6.10 Å². The van der Waals surface area contributed by atoms with Crippen molar-refractivity contribution in [1.82, 2.24) is 9.62 Å². The van der Waals surface area contributed by atoms with E-state index in [-0.39, 0.29) is 43.2 Å². The molecule has 2 aromatic rings. The summed E-state index contributed by atoms with van der Waals surface area (Å²) < 4.78 is 46.3. The molecule has 12 heteroatoms. The summed E-state index contributed by atoms with van der Waals surface area (Å²) in [5.41, 5.74) is 1.00. The van der Waals surface area contributed by atoms with Crippen LogP contribution in [0.1, 0.15) is 45.1 Å². The van der Waals surface area contributed by atoms with E-state index in [0.29, 0.717) is 31.6 Å². The van der Waals surface area contributed by atoms with Gasteiger partial charge < -0.3 is 30.0 Å². The minimum Gasteiger partial charge on any atom is -0.443 e. The maximum Gasteiger partial charge on any atom is 0.407 e. The highest BCUT2D eigenvalue weighted by molar-refractivity contribution is 7.89. The third-order valence-electron chi connectivity index (χ3n) is 8.21. The number of carbonyl (C=O) groups excluding carboxylic acids is 1. The number of nitrogens with one attached hydrogen (secondary N) is 2. The molecule has 2 aromatic carbocycles. The van der Waals surface area contributed by atoms with Crippen LogP contribution in [0.5, 0.6) is 0 Å². The number of hydrogen-bond acceptors (Lipinski definition) is 9. The monoisotopic (exact) mass is 628 g/mol. The summed E-state index contributed by atoms with van der Waals surface area (Å²) in [7, 11) is -2.35. The second kappa shape index (κ2) is 15.2. The predicted octanol–water partition coefficient (Wildman–Crippen LogP) is 3.90. The van der Waals surface area contributed by atoms with Gasteiger partial charge in [0.15, 0.2) is 6.29 Å². The molecule has 0 spiro atoms. The lowest BCUT2D eigenvalue weighted by Gasteiger charge is -2.35. The molecule has 2 fully saturated rings. The van der Waals surface area contributed by atoms with Crippen LogP contribution >= 0.6 is 0 Å². The number of carbonyl (C=O) groups is 1. The van der Waals surface area contributed by atoms with Crippen LogP contribution in [0.3, 0.4) is 0 Å². The van der Waals surface area contributed by atoms with Crippen LogP contribution in [-0.4, -0.2) is 81.8 Å². The fourth-order valence-corrected chi connectivity index (χ4v) is 7.46. The first kappa shape index (κ1) is 33.7. The first-order valence-corrected chi connectivity index (χ1v) is 16.5. The van der Waals surface area contributed by atoms with Crippen molar-refractivity contribution in [1.29, 1.82) is 5.26 Å². The van der Waals surface area contributed by atoms with Crippen molar-refractivity contribution in [3.8, 4) is 6.07 Å². The van der Waals surface area contributed by atoms with Crippen molar-refractivity contribution in [2.24, 2.45) is 11.3 Å². The molecule has 11 nitrogen and oxygen atoms in total. The summed E-state index contributed by atoms with van der Waals surface area (Å²) in [4.78, 5) is 13.2. The highest BCUT2D eigenvalue weighted by Gasteiger charge is 2.44. The largest absolute Gasteiger partial charge is 0.443 e. The molecule has 0 aliphatic carbocycles. The number of fused-ring (bicyclic) bond motifs is 1. The third kappa shape index (κ3) is 8.92. The Hall–Kier alpha value is -3.21. The van der Waals surface area contributed by atoms with Crippen LogP contribution in [0.25, 0.3) is 0 Å². The smallest absolute Gasteiger partial charge is 0.407 e. The number of aliphatic hydroxyl groups is 1. The average Bonchev–Trinajstić information content (AvgIpc) is 3.62. The number of rotatable bonds is 15. The second-order valence-electron chi connectivity index (χ2n) is 12.2. The van der Waals surface area contributed by atoms with Gasteiger partial charge in [0.05, 0.1) is 42.2 Å². The SMILES string of the molecule is CNc1cccc(S(=O)(=O)N(C[C@@H](O)[C@H](Cc2ccccc2)NC(=O)OC2COC3OCCC23)CC(C)(C)CCCC#N)c1. The molecule has 0 saturated carbocycles. The van der Waals surface area contributed by atoms with Crippen molar-refractivity contribution in [3.63, 3.8) is 0 Å². The minimum atomic E-state index is -4.06. The zero-order chi connectivity index (χ0) is 31.7. The Labute approximate surface area is 260 Å². The molecule has 0 bridgehead atoms. The average molecular weight is 629 g/mol. The zero-order valence-corrected chi connectivity index (χ0v) is 26.5. The first-order chi connectivity index (χ1) is 21.0. The number of nitriles is 1. The summed E-state index contributed by atoms with van der Waals surface area (Å²) in [6.45, 7) is 4.51. The van der Waals surface area contributed by atoms with E-state index in [2.05, 4.69) is 16.7 Å². The number of aliphatic hydroxyl groups excluding tert-OH is 1. The summed E-state index contributed by atoms with van der Waals surface area (Å²) in [5.74, 6) is -0.0458. The molecule has 0 aromatic heterocycles. The lowest BCUT2D eigenvalue weighted by Crippen LogP contribution is -2.52. The number of anilines is 1. The summed E-state index contributed by atoms with van der Waals surface area (Å²) in [6, 6.07) is 17.2. The molecular weight excluding hydrogens is 584 g/mol. The molecule has 0 radical (unpaired) electrons. The molecule has 5 atom stereocenters. The van der Waals surface area contributed by atoms with Gasteiger partial charge in [-0.3, -0.25) is 0 Å². The maximum absolute atomic E-state index is 14.1. The van der Waals surface area contributed by atoms with E-state index in [4.69, 9.17) is 19.5 Å². The van der Waals surface area contributed by atoms with Crippen molar-refractivity contribution >= 4 is 21.8 Å². The number of unbranched alkanes of at least 4 members (excludes halogenated alkanes) is 1. The van der Waals surface area contributed by atoms with E-state index in [1.54, 1.807) is 25.2 Å². The Morgan fingerprint density at radius 3 is 2.70 bits per heavy atom. The molecule has 3 unspecified atom stereocenters. The van der Waals surface area contributed by atoms with Crippen molar-refractivity contribution in [2.45, 2.75) is 75.4 Å². The minimum absolute atomic E-state index is 0.0458. The Balaban J connectivity index is 1.57. The standard InChI is InChI=1S/C32H44N4O7S/c1-32(2,15-7-8-16-33)22-36(44(39,40)25-13-9-12-24(19-25)34-3)20-28(37)27(18-23-10-5-4-6-11-23)35-31(38)43-29-21-42-30-26(29)14-17-41-30/h4-6,9-13,19,26-30,34,37H,7-8,14-15,17-18,20-22H2,1-3H3,(H,35,38)/t26?,27-,28+,29?,30?/m0/s1. The third-order valence-corrected chi connectivity index (χ3v) is 10.0. The summed E-state index contributed by atoms with van der Waals surface area (Å²) in [6.07, 6.45) is -0.247. The molecular formula is C32H44N4O7S. The summed E-state index contributed by atoms with van der Waals surface area (Å²) in [5, 5.41) is 26.5. The molecule has 2 aliphatic heterocycles.